The molecule has 92 valence electrons. The highest BCUT2D eigenvalue weighted by Gasteiger charge is 2.09. The van der Waals surface area contributed by atoms with Gasteiger partial charge in [-0.3, -0.25) is 15.6 Å². The Balaban J connectivity index is 2.04. The topological polar surface area (TPSA) is 41.1 Å². The van der Waals surface area contributed by atoms with Gasteiger partial charge < -0.3 is 0 Å². The van der Waals surface area contributed by atoms with Gasteiger partial charge in [0.1, 0.15) is 0 Å². The van der Waals surface area contributed by atoms with Crippen LogP contribution in [0.5, 0.6) is 0 Å². The lowest BCUT2D eigenvalue weighted by molar-refractivity contribution is 0.0963. The Morgan fingerprint density at radius 3 is 2.39 bits per heavy atom. The molecule has 0 aromatic heterocycles. The minimum atomic E-state index is -0.319. The predicted octanol–water partition coefficient (Wildman–Crippen LogP) is 3.75. The molecule has 0 unspecified atom stereocenters. The third kappa shape index (κ3) is 3.15. The summed E-state index contributed by atoms with van der Waals surface area (Å²) in [6.45, 7) is 0. The molecule has 0 saturated carbocycles. The Morgan fingerprint density at radius 2 is 1.72 bits per heavy atom. The molecule has 5 heteroatoms. The number of carbonyl (C=O) groups excluding carboxylic acids is 1. The van der Waals surface area contributed by atoms with Crippen molar-refractivity contribution in [2.24, 2.45) is 0 Å². The van der Waals surface area contributed by atoms with E-state index in [0.29, 0.717) is 15.6 Å². The first-order valence-electron chi connectivity index (χ1n) is 5.23. The zero-order chi connectivity index (χ0) is 13.0. The van der Waals surface area contributed by atoms with E-state index >= 15 is 0 Å². The van der Waals surface area contributed by atoms with Crippen molar-refractivity contribution in [3.8, 4) is 0 Å². The van der Waals surface area contributed by atoms with Gasteiger partial charge in [-0.15, -0.1) is 0 Å². The highest BCUT2D eigenvalue weighted by atomic mass is 35.5. The second-order valence-electron chi connectivity index (χ2n) is 3.57. The van der Waals surface area contributed by atoms with E-state index in [4.69, 9.17) is 23.2 Å². The molecule has 1 amide bonds. The monoisotopic (exact) mass is 280 g/mol. The molecule has 2 aromatic carbocycles. The van der Waals surface area contributed by atoms with Crippen LogP contribution in [0.2, 0.25) is 10.0 Å². The van der Waals surface area contributed by atoms with E-state index in [-0.39, 0.29) is 5.91 Å². The number of hydrogen-bond acceptors (Lipinski definition) is 2. The van der Waals surface area contributed by atoms with E-state index in [1.165, 1.54) is 6.07 Å². The normalized spacial score (nSPS) is 9.89. The van der Waals surface area contributed by atoms with Gasteiger partial charge in [0.15, 0.2) is 0 Å². The number of hydrazine groups is 1. The maximum atomic E-state index is 11.8. The predicted molar refractivity (Wildman–Crippen MR) is 74.0 cm³/mol. The van der Waals surface area contributed by atoms with Crippen LogP contribution in [-0.2, 0) is 0 Å². The molecule has 0 radical (unpaired) electrons. The van der Waals surface area contributed by atoms with Crippen LogP contribution in [0.4, 0.5) is 5.69 Å². The summed E-state index contributed by atoms with van der Waals surface area (Å²) in [6.07, 6.45) is 0. The van der Waals surface area contributed by atoms with Crippen molar-refractivity contribution >= 4 is 34.8 Å². The van der Waals surface area contributed by atoms with Gasteiger partial charge in [0, 0.05) is 5.02 Å². The minimum Gasteiger partial charge on any atom is -0.298 e. The number of hydrogen-bond donors (Lipinski definition) is 2. The van der Waals surface area contributed by atoms with E-state index in [1.807, 2.05) is 30.3 Å². The Labute approximate surface area is 115 Å². The van der Waals surface area contributed by atoms with Crippen molar-refractivity contribution in [3.05, 3.63) is 64.1 Å². The number of anilines is 1. The molecule has 18 heavy (non-hydrogen) atoms. The summed E-state index contributed by atoms with van der Waals surface area (Å²) in [5.41, 5.74) is 6.51. The largest absolute Gasteiger partial charge is 0.298 e. The Kier molecular flexibility index (Phi) is 4.07. The highest BCUT2D eigenvalue weighted by Crippen LogP contribution is 2.20. The first-order valence-corrected chi connectivity index (χ1v) is 5.99. The quantitative estimate of drug-likeness (QED) is 0.841. The standard InChI is InChI=1S/C13H10Cl2N2O/c14-9-6-7-11(12(15)8-9)13(18)17-16-10-4-2-1-3-5-10/h1-8,16H,(H,17,18). The summed E-state index contributed by atoms with van der Waals surface area (Å²) in [4.78, 5) is 11.8. The lowest BCUT2D eigenvalue weighted by Crippen LogP contribution is -2.29. The van der Waals surface area contributed by atoms with Gasteiger partial charge in [-0.25, -0.2) is 0 Å². The fraction of sp³-hybridized carbons (Fsp3) is 0. The molecule has 0 aliphatic heterocycles. The van der Waals surface area contributed by atoms with E-state index in [2.05, 4.69) is 10.9 Å². The molecular weight excluding hydrogens is 271 g/mol. The third-order valence-electron chi connectivity index (χ3n) is 2.27. The first kappa shape index (κ1) is 12.7. The molecule has 0 heterocycles. The number of carbonyl (C=O) groups is 1. The molecule has 2 aromatic rings. The fourth-order valence-electron chi connectivity index (χ4n) is 1.39. The molecule has 2 rings (SSSR count). The van der Waals surface area contributed by atoms with Gasteiger partial charge in [0.05, 0.1) is 16.3 Å². The number of rotatable bonds is 3. The number of halogens is 2. The van der Waals surface area contributed by atoms with Gasteiger partial charge in [0.2, 0.25) is 0 Å². The Bertz CT molecular complexity index is 558. The van der Waals surface area contributed by atoms with Crippen molar-refractivity contribution in [1.29, 1.82) is 0 Å². The van der Waals surface area contributed by atoms with Gasteiger partial charge in [-0.2, -0.15) is 0 Å². The molecule has 3 nitrogen and oxygen atoms in total. The number of nitrogens with one attached hydrogen (secondary N) is 2. The molecule has 0 saturated heterocycles. The zero-order valence-electron chi connectivity index (χ0n) is 9.28. The van der Waals surface area contributed by atoms with Crippen LogP contribution in [0.1, 0.15) is 10.4 Å². The summed E-state index contributed by atoms with van der Waals surface area (Å²) in [5, 5.41) is 0.808. The first-order chi connectivity index (χ1) is 8.66. The molecular formula is C13H10Cl2N2O. The molecule has 0 atom stereocenters. The van der Waals surface area contributed by atoms with Crippen molar-refractivity contribution in [2.75, 3.05) is 5.43 Å². The lowest BCUT2D eigenvalue weighted by Gasteiger charge is -2.09. The Hall–Kier alpha value is -1.71. The smallest absolute Gasteiger partial charge is 0.271 e. The summed E-state index contributed by atoms with van der Waals surface area (Å²) in [7, 11) is 0. The fourth-order valence-corrected chi connectivity index (χ4v) is 1.89. The number of amides is 1. The second-order valence-corrected chi connectivity index (χ2v) is 4.41. The van der Waals surface area contributed by atoms with Crippen molar-refractivity contribution in [3.63, 3.8) is 0 Å². The maximum Gasteiger partial charge on any atom is 0.271 e. The highest BCUT2D eigenvalue weighted by molar-refractivity contribution is 6.36. The van der Waals surface area contributed by atoms with Crippen LogP contribution in [0.25, 0.3) is 0 Å². The van der Waals surface area contributed by atoms with Crippen LogP contribution in [0, 0.1) is 0 Å². The molecule has 0 aliphatic rings. The lowest BCUT2D eigenvalue weighted by atomic mass is 10.2. The average Bonchev–Trinajstić information content (AvgIpc) is 2.37. The zero-order valence-corrected chi connectivity index (χ0v) is 10.8. The SMILES string of the molecule is O=C(NNc1ccccc1)c1ccc(Cl)cc1Cl. The summed E-state index contributed by atoms with van der Waals surface area (Å²) in [6, 6.07) is 14.0. The molecule has 2 N–H and O–H groups in total. The van der Waals surface area contributed by atoms with Crippen molar-refractivity contribution in [1.82, 2.24) is 5.43 Å². The molecule has 0 fully saturated rings. The summed E-state index contributed by atoms with van der Waals surface area (Å²) >= 11 is 11.7. The van der Waals surface area contributed by atoms with Gasteiger partial charge in [0.25, 0.3) is 5.91 Å². The van der Waals surface area contributed by atoms with Crippen LogP contribution in [0.3, 0.4) is 0 Å². The molecule has 0 bridgehead atoms. The van der Waals surface area contributed by atoms with E-state index in [9.17, 15) is 4.79 Å². The average molecular weight is 281 g/mol. The van der Waals surface area contributed by atoms with Crippen LogP contribution in [0.15, 0.2) is 48.5 Å². The molecule has 0 spiro atoms. The van der Waals surface area contributed by atoms with E-state index in [0.717, 1.165) is 5.69 Å². The van der Waals surface area contributed by atoms with Gasteiger partial charge in [-0.05, 0) is 30.3 Å². The second kappa shape index (κ2) is 5.76. The maximum absolute atomic E-state index is 11.8. The van der Waals surface area contributed by atoms with Crippen molar-refractivity contribution in [2.45, 2.75) is 0 Å². The van der Waals surface area contributed by atoms with Crippen LogP contribution >= 0.6 is 23.2 Å². The van der Waals surface area contributed by atoms with Crippen LogP contribution < -0.4 is 10.9 Å². The van der Waals surface area contributed by atoms with E-state index in [1.54, 1.807) is 12.1 Å². The van der Waals surface area contributed by atoms with Crippen molar-refractivity contribution < 1.29 is 4.79 Å². The molecule has 0 aliphatic carbocycles. The van der Waals surface area contributed by atoms with E-state index < -0.39 is 0 Å². The van der Waals surface area contributed by atoms with Gasteiger partial charge >= 0.3 is 0 Å². The van der Waals surface area contributed by atoms with Crippen LogP contribution in [-0.4, -0.2) is 5.91 Å². The Morgan fingerprint density at radius 1 is 1.00 bits per heavy atom. The third-order valence-corrected chi connectivity index (χ3v) is 2.82. The number of benzene rings is 2. The van der Waals surface area contributed by atoms with Gasteiger partial charge in [-0.1, -0.05) is 41.4 Å². The number of para-hydroxylation sites is 1. The minimum absolute atomic E-state index is 0.315. The summed E-state index contributed by atoms with van der Waals surface area (Å²) in [5.74, 6) is -0.319. The summed E-state index contributed by atoms with van der Waals surface area (Å²) < 4.78 is 0.